The molecule has 0 amide bonds. The van der Waals surface area contributed by atoms with Crippen molar-refractivity contribution in [3.05, 3.63) is 0 Å². The Labute approximate surface area is 86.1 Å². The monoisotopic (exact) mass is 218 g/mol. The molecule has 0 spiro atoms. The number of hydrogen-bond acceptors (Lipinski definition) is 1. The van der Waals surface area contributed by atoms with Gasteiger partial charge in [-0.05, 0) is 37.3 Å². The van der Waals surface area contributed by atoms with Gasteiger partial charge in [0.1, 0.15) is 0 Å². The lowest BCUT2D eigenvalue weighted by Crippen LogP contribution is -2.46. The lowest BCUT2D eigenvalue weighted by atomic mass is 10.9. The predicted molar refractivity (Wildman–Crippen MR) is 66.2 cm³/mol. The quantitative estimate of drug-likeness (QED) is 0.606. The Hall–Kier alpha value is 0.394. The summed E-state index contributed by atoms with van der Waals surface area (Å²) in [7, 11) is -2.63. The third-order valence-corrected chi connectivity index (χ3v) is 12.8. The van der Waals surface area contributed by atoms with Gasteiger partial charge < -0.3 is 4.12 Å². The Morgan fingerprint density at radius 3 is 1.38 bits per heavy atom. The van der Waals surface area contributed by atoms with Crippen molar-refractivity contribution in [3.8, 4) is 0 Å². The van der Waals surface area contributed by atoms with Crippen LogP contribution in [0.3, 0.4) is 0 Å². The summed E-state index contributed by atoms with van der Waals surface area (Å²) in [6.07, 6.45) is 0. The molecule has 0 saturated carbocycles. The molecule has 0 N–H and O–H groups in total. The maximum atomic E-state index is 6.50. The van der Waals surface area contributed by atoms with Crippen molar-refractivity contribution in [3.63, 3.8) is 0 Å². The molecule has 0 fully saturated rings. The largest absolute Gasteiger partial charge is 0.455 e. The summed E-state index contributed by atoms with van der Waals surface area (Å²) >= 11 is 0. The molecule has 3 heteroatoms. The molecule has 80 valence electrons. The smallest absolute Gasteiger partial charge is 0.178 e. The van der Waals surface area contributed by atoms with Gasteiger partial charge in [0.25, 0.3) is 0 Å². The molecule has 0 aliphatic heterocycles. The van der Waals surface area contributed by atoms with Crippen molar-refractivity contribution < 1.29 is 4.12 Å². The molecule has 13 heavy (non-hydrogen) atoms. The van der Waals surface area contributed by atoms with E-state index in [2.05, 4.69) is 40.8 Å². The first-order valence-corrected chi connectivity index (χ1v) is 11.3. The molecule has 0 aromatic carbocycles. The summed E-state index contributed by atoms with van der Waals surface area (Å²) in [6.45, 7) is 13.9. The van der Waals surface area contributed by atoms with Crippen LogP contribution in [0.2, 0.25) is 37.3 Å². The fourth-order valence-corrected chi connectivity index (χ4v) is 10.1. The van der Waals surface area contributed by atoms with E-state index in [0.29, 0.717) is 0 Å². The zero-order valence-electron chi connectivity index (χ0n) is 10.2. The summed E-state index contributed by atoms with van der Waals surface area (Å²) in [5, 5.41) is 0. The van der Waals surface area contributed by atoms with Crippen molar-refractivity contribution in [1.82, 2.24) is 0 Å². The molecule has 0 atom stereocenters. The van der Waals surface area contributed by atoms with Gasteiger partial charge in [-0.15, -0.1) is 0 Å². The highest BCUT2D eigenvalue weighted by molar-refractivity contribution is 6.85. The SMILES string of the molecule is CC[Si](C)(C)O[Si](CC)(CC)CC. The topological polar surface area (TPSA) is 9.23 Å². The Kier molecular flexibility index (Phi) is 5.48. The third kappa shape index (κ3) is 3.96. The van der Waals surface area contributed by atoms with E-state index < -0.39 is 16.6 Å². The molecule has 1 nitrogen and oxygen atoms in total. The van der Waals surface area contributed by atoms with E-state index in [0.717, 1.165) is 0 Å². The van der Waals surface area contributed by atoms with Crippen LogP contribution in [0.1, 0.15) is 27.7 Å². The van der Waals surface area contributed by atoms with Crippen LogP contribution in [0.15, 0.2) is 0 Å². The fourth-order valence-electron chi connectivity index (χ4n) is 1.62. The summed E-state index contributed by atoms with van der Waals surface area (Å²) in [5.74, 6) is 0. The Morgan fingerprint density at radius 2 is 1.15 bits per heavy atom. The fraction of sp³-hybridized carbons (Fsp3) is 1.00. The van der Waals surface area contributed by atoms with Gasteiger partial charge in [-0.3, -0.25) is 0 Å². The molecular formula is C10H26OSi2. The van der Waals surface area contributed by atoms with Gasteiger partial charge >= 0.3 is 0 Å². The van der Waals surface area contributed by atoms with E-state index in [4.69, 9.17) is 4.12 Å². The minimum absolute atomic E-state index is 1.25. The van der Waals surface area contributed by atoms with Crippen molar-refractivity contribution >= 4 is 16.6 Å². The van der Waals surface area contributed by atoms with E-state index in [1.165, 1.54) is 24.2 Å². The minimum Gasteiger partial charge on any atom is -0.455 e. The van der Waals surface area contributed by atoms with Crippen LogP contribution in [-0.2, 0) is 4.12 Å². The summed E-state index contributed by atoms with van der Waals surface area (Å²) in [5.41, 5.74) is 0. The number of rotatable bonds is 6. The maximum absolute atomic E-state index is 6.50. The lowest BCUT2D eigenvalue weighted by molar-refractivity contribution is 0.525. The molecule has 0 radical (unpaired) electrons. The zero-order valence-corrected chi connectivity index (χ0v) is 12.2. The highest BCUT2D eigenvalue weighted by atomic mass is 28.4. The molecule has 0 aliphatic rings. The Balaban J connectivity index is 4.41. The van der Waals surface area contributed by atoms with Gasteiger partial charge in [-0.2, -0.15) is 0 Å². The molecule has 0 saturated heterocycles. The van der Waals surface area contributed by atoms with Crippen LogP contribution in [0.5, 0.6) is 0 Å². The summed E-state index contributed by atoms with van der Waals surface area (Å²) < 4.78 is 6.50. The van der Waals surface area contributed by atoms with Crippen LogP contribution < -0.4 is 0 Å². The van der Waals surface area contributed by atoms with Crippen LogP contribution in [-0.4, -0.2) is 16.6 Å². The van der Waals surface area contributed by atoms with Crippen LogP contribution in [0.25, 0.3) is 0 Å². The van der Waals surface area contributed by atoms with Gasteiger partial charge in [0, 0.05) is 0 Å². The van der Waals surface area contributed by atoms with Gasteiger partial charge in [-0.25, -0.2) is 0 Å². The number of hydrogen-bond donors (Lipinski definition) is 0. The summed E-state index contributed by atoms with van der Waals surface area (Å²) in [6, 6.07) is 5.12. The Bertz CT molecular complexity index is 134. The predicted octanol–water partition coefficient (Wildman–Crippen LogP) is 4.23. The summed E-state index contributed by atoms with van der Waals surface area (Å²) in [4.78, 5) is 0. The van der Waals surface area contributed by atoms with E-state index in [1.54, 1.807) is 0 Å². The average Bonchev–Trinajstić information content (AvgIpc) is 2.14. The molecular weight excluding hydrogens is 192 g/mol. The molecule has 0 aromatic heterocycles. The molecule has 0 bridgehead atoms. The van der Waals surface area contributed by atoms with E-state index in [1.807, 2.05) is 0 Å². The van der Waals surface area contributed by atoms with Crippen molar-refractivity contribution in [2.75, 3.05) is 0 Å². The van der Waals surface area contributed by atoms with Gasteiger partial charge in [0.05, 0.1) is 0 Å². The van der Waals surface area contributed by atoms with Crippen molar-refractivity contribution in [1.29, 1.82) is 0 Å². The highest BCUT2D eigenvalue weighted by Crippen LogP contribution is 2.27. The van der Waals surface area contributed by atoms with Crippen LogP contribution in [0.4, 0.5) is 0 Å². The highest BCUT2D eigenvalue weighted by Gasteiger charge is 2.35. The Morgan fingerprint density at radius 1 is 0.769 bits per heavy atom. The molecule has 0 heterocycles. The molecule has 0 unspecified atom stereocenters. The van der Waals surface area contributed by atoms with E-state index >= 15 is 0 Å². The second-order valence-electron chi connectivity index (χ2n) is 4.46. The first-order valence-electron chi connectivity index (χ1n) is 5.65. The standard InChI is InChI=1S/C10H26OSi2/c1-7-12(5,6)11-13(8-2,9-3)10-4/h7-10H2,1-6H3. The van der Waals surface area contributed by atoms with E-state index in [-0.39, 0.29) is 0 Å². The second kappa shape index (κ2) is 5.32. The van der Waals surface area contributed by atoms with Crippen LogP contribution in [0, 0.1) is 0 Å². The van der Waals surface area contributed by atoms with Gasteiger partial charge in [0.15, 0.2) is 16.6 Å². The van der Waals surface area contributed by atoms with Gasteiger partial charge in [0.2, 0.25) is 0 Å². The van der Waals surface area contributed by atoms with Crippen molar-refractivity contribution in [2.24, 2.45) is 0 Å². The van der Waals surface area contributed by atoms with Gasteiger partial charge in [-0.1, -0.05) is 27.7 Å². The first kappa shape index (κ1) is 13.4. The van der Waals surface area contributed by atoms with Crippen LogP contribution >= 0.6 is 0 Å². The van der Waals surface area contributed by atoms with Crippen molar-refractivity contribution in [2.45, 2.75) is 65.0 Å². The normalized spacial score (nSPS) is 13.4. The zero-order chi connectivity index (χ0) is 10.5. The molecule has 0 rings (SSSR count). The second-order valence-corrected chi connectivity index (χ2v) is 14.0. The average molecular weight is 218 g/mol. The third-order valence-electron chi connectivity index (χ3n) is 3.28. The minimum atomic E-state index is -1.31. The van der Waals surface area contributed by atoms with E-state index in [9.17, 15) is 0 Å². The lowest BCUT2D eigenvalue weighted by Gasteiger charge is -2.36. The molecule has 0 aliphatic carbocycles. The molecule has 0 aromatic rings. The maximum Gasteiger partial charge on any atom is 0.178 e. The first-order chi connectivity index (χ1) is 5.95.